The van der Waals surface area contributed by atoms with Crippen molar-refractivity contribution in [3.05, 3.63) is 29.8 Å². The molecule has 1 fully saturated rings. The van der Waals surface area contributed by atoms with Crippen molar-refractivity contribution in [2.75, 3.05) is 13.7 Å². The van der Waals surface area contributed by atoms with Gasteiger partial charge in [-0.2, -0.15) is 0 Å². The van der Waals surface area contributed by atoms with Gasteiger partial charge in [-0.1, -0.05) is 26.0 Å². The molecule has 1 aliphatic carbocycles. The van der Waals surface area contributed by atoms with Gasteiger partial charge in [0.25, 0.3) is 0 Å². The van der Waals surface area contributed by atoms with E-state index in [1.165, 1.54) is 12.0 Å². The van der Waals surface area contributed by atoms with Crippen molar-refractivity contribution in [2.45, 2.75) is 51.7 Å². The summed E-state index contributed by atoms with van der Waals surface area (Å²) in [4.78, 5) is 0. The molecule has 0 heterocycles. The summed E-state index contributed by atoms with van der Waals surface area (Å²) in [5.74, 6) is 2.26. The highest BCUT2D eigenvalue weighted by molar-refractivity contribution is 14.1. The molecule has 1 aromatic rings. The van der Waals surface area contributed by atoms with E-state index in [1.807, 2.05) is 23.0 Å². The lowest BCUT2D eigenvalue weighted by Crippen LogP contribution is -2.38. The molecule has 0 saturated heterocycles. The molecular weight excluding hydrogens is 391 g/mol. The maximum atomic E-state index is 5.94. The van der Waals surface area contributed by atoms with E-state index in [4.69, 9.17) is 12.5 Å². The normalized spacial score (nSPS) is 23.6. The summed E-state index contributed by atoms with van der Waals surface area (Å²) in [6.07, 6.45) is 5.03. The highest BCUT2D eigenvalue weighted by Crippen LogP contribution is 2.28. The molecule has 0 N–H and O–H groups in total. The van der Waals surface area contributed by atoms with E-state index < -0.39 is 0 Å². The monoisotopic (exact) mass is 418 g/mol. The maximum Gasteiger partial charge on any atom is 0.119 e. The van der Waals surface area contributed by atoms with E-state index >= 15 is 0 Å². The average Bonchev–Trinajstić information content (AvgIpc) is 2.44. The summed E-state index contributed by atoms with van der Waals surface area (Å²) in [5.41, 5.74) is 1.38. The number of benzene rings is 1. The summed E-state index contributed by atoms with van der Waals surface area (Å²) < 4.78 is 16.4. The van der Waals surface area contributed by atoms with Crippen LogP contribution in [0.4, 0.5) is 0 Å². The molecule has 2 rings (SSSR count). The molecule has 0 aliphatic heterocycles. The topological polar surface area (TPSA) is 27.7 Å². The number of rotatable bonds is 9. The first-order valence-corrected chi connectivity index (χ1v) is 9.00. The molecule has 22 heavy (non-hydrogen) atoms. The van der Waals surface area contributed by atoms with Gasteiger partial charge >= 0.3 is 0 Å². The first-order chi connectivity index (χ1) is 10.6. The summed E-state index contributed by atoms with van der Waals surface area (Å²) >= 11 is 1.98. The van der Waals surface area contributed by atoms with Gasteiger partial charge in [0.15, 0.2) is 0 Å². The Hall–Kier alpha value is -0.330. The lowest BCUT2D eigenvalue weighted by atomic mass is 9.91. The van der Waals surface area contributed by atoms with Crippen molar-refractivity contribution >= 4 is 23.0 Å². The third-order valence-electron chi connectivity index (χ3n) is 4.35. The van der Waals surface area contributed by atoms with E-state index in [0.29, 0.717) is 24.0 Å². The number of methoxy groups -OCH3 is 1. The summed E-state index contributed by atoms with van der Waals surface area (Å²) in [7, 11) is 1.77. The molecule has 0 spiro atoms. The fraction of sp³-hybridized carbons (Fsp3) is 0.667. The Labute approximate surface area is 148 Å². The van der Waals surface area contributed by atoms with Gasteiger partial charge in [0.2, 0.25) is 0 Å². The molecule has 2 atom stereocenters. The largest absolute Gasteiger partial charge is 0.490 e. The van der Waals surface area contributed by atoms with Crippen molar-refractivity contribution in [1.29, 1.82) is 0 Å². The van der Waals surface area contributed by atoms with Crippen molar-refractivity contribution in [1.82, 2.24) is 0 Å². The summed E-state index contributed by atoms with van der Waals surface area (Å²) in [6.45, 7) is 5.40. The van der Waals surface area contributed by atoms with Gasteiger partial charge < -0.3 is 12.5 Å². The van der Waals surface area contributed by atoms with Crippen LogP contribution in [-0.2, 0) is 14.2 Å². The minimum atomic E-state index is 0.323. The molecule has 0 bridgehead atoms. The Balaban J connectivity index is 1.74. The van der Waals surface area contributed by atoms with Gasteiger partial charge in [-0.05, 0) is 42.4 Å². The minimum absolute atomic E-state index is 0.323. The van der Waals surface area contributed by atoms with E-state index in [2.05, 4.69) is 38.1 Å². The van der Waals surface area contributed by atoms with Crippen LogP contribution in [0.1, 0.15) is 38.7 Å². The summed E-state index contributed by atoms with van der Waals surface area (Å²) in [5, 5.41) is 0. The molecule has 124 valence electrons. The third kappa shape index (κ3) is 5.70. The molecule has 1 saturated carbocycles. The molecule has 1 aromatic carbocycles. The molecule has 1 aliphatic rings. The van der Waals surface area contributed by atoms with Crippen molar-refractivity contribution < 1.29 is 12.5 Å². The van der Waals surface area contributed by atoms with Crippen LogP contribution >= 0.6 is 23.0 Å². The highest BCUT2D eigenvalue weighted by Gasteiger charge is 2.30. The van der Waals surface area contributed by atoms with Crippen molar-refractivity contribution in [3.8, 4) is 5.75 Å². The Bertz CT molecular complexity index is 428. The molecule has 0 amide bonds. The molecular formula is C18H27IO3. The van der Waals surface area contributed by atoms with Gasteiger partial charge in [-0.3, -0.25) is 0 Å². The number of hydrogen-bond acceptors (Lipinski definition) is 3. The van der Waals surface area contributed by atoms with E-state index in [1.54, 1.807) is 7.11 Å². The predicted octanol–water partition coefficient (Wildman–Crippen LogP) is 4.81. The van der Waals surface area contributed by atoms with Crippen molar-refractivity contribution in [3.63, 3.8) is 0 Å². The van der Waals surface area contributed by atoms with Gasteiger partial charge in [0, 0.05) is 20.0 Å². The molecule has 4 heteroatoms. The van der Waals surface area contributed by atoms with Crippen LogP contribution in [0.15, 0.2) is 24.3 Å². The molecule has 0 radical (unpaired) electrons. The molecule has 3 nitrogen and oxygen atoms in total. The standard InChI is InChI=1S/C18H27IO3/c1-13(8-14(2)12-21-19)9-15-4-6-16(7-5-15)22-18-10-17(11-18)20-3/h4-7,13-14,17-18H,8-12H2,1-3H3. The Kier molecular flexibility index (Phi) is 7.44. The van der Waals surface area contributed by atoms with Crippen LogP contribution in [0.25, 0.3) is 0 Å². The zero-order chi connectivity index (χ0) is 15.9. The zero-order valence-corrected chi connectivity index (χ0v) is 15.9. The average molecular weight is 418 g/mol. The predicted molar refractivity (Wildman–Crippen MR) is 97.5 cm³/mol. The third-order valence-corrected chi connectivity index (χ3v) is 4.71. The first kappa shape index (κ1) is 18.0. The van der Waals surface area contributed by atoms with Crippen LogP contribution in [-0.4, -0.2) is 25.9 Å². The smallest absolute Gasteiger partial charge is 0.119 e. The maximum absolute atomic E-state index is 5.94. The SMILES string of the molecule is COC1CC(Oc2ccc(CC(C)CC(C)COI)cc2)C1. The quantitative estimate of drug-likeness (QED) is 0.539. The second-order valence-corrected chi connectivity index (χ2v) is 7.26. The minimum Gasteiger partial charge on any atom is -0.490 e. The highest BCUT2D eigenvalue weighted by atomic mass is 127. The summed E-state index contributed by atoms with van der Waals surface area (Å²) in [6, 6.07) is 8.58. The number of hydrogen-bond donors (Lipinski definition) is 0. The first-order valence-electron chi connectivity index (χ1n) is 8.12. The van der Waals surface area contributed by atoms with E-state index in [-0.39, 0.29) is 0 Å². The zero-order valence-electron chi connectivity index (χ0n) is 13.8. The second-order valence-electron chi connectivity index (χ2n) is 6.64. The van der Waals surface area contributed by atoms with Crippen LogP contribution in [0.2, 0.25) is 0 Å². The van der Waals surface area contributed by atoms with Crippen LogP contribution in [0.5, 0.6) is 5.75 Å². The second kappa shape index (κ2) is 9.08. The fourth-order valence-corrected chi connectivity index (χ4v) is 3.66. The fourth-order valence-electron chi connectivity index (χ4n) is 3.05. The van der Waals surface area contributed by atoms with Crippen molar-refractivity contribution in [2.24, 2.45) is 11.8 Å². The Morgan fingerprint density at radius 1 is 1.09 bits per heavy atom. The molecule has 0 aromatic heterocycles. The Morgan fingerprint density at radius 3 is 2.36 bits per heavy atom. The van der Waals surface area contributed by atoms with Gasteiger partial charge in [-0.25, -0.2) is 0 Å². The lowest BCUT2D eigenvalue weighted by Gasteiger charge is -2.34. The van der Waals surface area contributed by atoms with Gasteiger partial charge in [0.1, 0.15) is 34.9 Å². The lowest BCUT2D eigenvalue weighted by molar-refractivity contribution is -0.0381. The van der Waals surface area contributed by atoms with Crippen LogP contribution < -0.4 is 4.74 Å². The van der Waals surface area contributed by atoms with Gasteiger partial charge in [0.05, 0.1) is 12.7 Å². The Morgan fingerprint density at radius 2 is 1.77 bits per heavy atom. The van der Waals surface area contributed by atoms with Crippen LogP contribution in [0.3, 0.4) is 0 Å². The number of halogens is 1. The van der Waals surface area contributed by atoms with Crippen LogP contribution in [0, 0.1) is 11.8 Å². The van der Waals surface area contributed by atoms with E-state index in [9.17, 15) is 0 Å². The number of ether oxygens (including phenoxy) is 2. The van der Waals surface area contributed by atoms with Gasteiger partial charge in [-0.15, -0.1) is 0 Å². The van der Waals surface area contributed by atoms with E-state index in [0.717, 1.165) is 31.6 Å². The molecule has 2 unspecified atom stereocenters.